The Morgan fingerprint density at radius 3 is 2.75 bits per heavy atom. The van der Waals surface area contributed by atoms with Gasteiger partial charge in [-0.05, 0) is 18.2 Å². The first-order chi connectivity index (χ1) is 5.65. The fourth-order valence-corrected chi connectivity index (χ4v) is 0.944. The summed E-state index contributed by atoms with van der Waals surface area (Å²) in [5.41, 5.74) is -0.0370. The van der Waals surface area contributed by atoms with Crippen LogP contribution < -0.4 is 0 Å². The van der Waals surface area contributed by atoms with Crippen molar-refractivity contribution in [2.75, 3.05) is 7.11 Å². The molecule has 0 spiro atoms. The van der Waals surface area contributed by atoms with Crippen molar-refractivity contribution in [1.29, 1.82) is 0 Å². The fourth-order valence-electron chi connectivity index (χ4n) is 0.772. The largest absolute Gasteiger partial charge is 0.465 e. The van der Waals surface area contributed by atoms with E-state index in [1.165, 1.54) is 25.3 Å². The molecule has 0 saturated carbocycles. The molecule has 63 valence electrons. The van der Waals surface area contributed by atoms with Gasteiger partial charge in [-0.1, -0.05) is 11.6 Å². The van der Waals surface area contributed by atoms with Crippen LogP contribution in [0.15, 0.2) is 18.2 Å². The molecule has 0 N–H and O–H groups in total. The van der Waals surface area contributed by atoms with Crippen LogP contribution in [0.1, 0.15) is 10.4 Å². The third-order valence-corrected chi connectivity index (χ3v) is 1.58. The first kappa shape index (κ1) is 8.87. The van der Waals surface area contributed by atoms with Gasteiger partial charge in [0.2, 0.25) is 0 Å². The zero-order valence-electron chi connectivity index (χ0n) is 6.33. The zero-order chi connectivity index (χ0) is 9.14. The van der Waals surface area contributed by atoms with Gasteiger partial charge in [0.15, 0.2) is 5.75 Å². The molecule has 0 aliphatic carbocycles. The molecule has 1 aromatic carbocycles. The first-order valence-electron chi connectivity index (χ1n) is 3.20. The molecule has 0 fully saturated rings. The summed E-state index contributed by atoms with van der Waals surface area (Å²) in [5, 5.41) is 11.4. The standard InChI is InChI=1S/C8H6ClO3/c1-12-8(11)6-4-5(9)2-3-7(6)10/h2-4H,1H3. The normalized spacial score (nSPS) is 9.50. The summed E-state index contributed by atoms with van der Waals surface area (Å²) in [6.45, 7) is 0. The lowest BCUT2D eigenvalue weighted by Gasteiger charge is -1.99. The van der Waals surface area contributed by atoms with E-state index in [1.54, 1.807) is 0 Å². The number of esters is 1. The van der Waals surface area contributed by atoms with E-state index in [2.05, 4.69) is 4.74 Å². The number of rotatable bonds is 1. The van der Waals surface area contributed by atoms with E-state index < -0.39 is 5.97 Å². The molecule has 0 unspecified atom stereocenters. The highest BCUT2D eigenvalue weighted by molar-refractivity contribution is 6.31. The Morgan fingerprint density at radius 2 is 2.17 bits per heavy atom. The van der Waals surface area contributed by atoms with E-state index in [-0.39, 0.29) is 11.3 Å². The SMILES string of the molecule is COC(=O)c1cc(Cl)ccc1[O]. The number of methoxy groups -OCH3 is 1. The van der Waals surface area contributed by atoms with Gasteiger partial charge in [0.25, 0.3) is 0 Å². The summed E-state index contributed by atoms with van der Waals surface area (Å²) in [6.07, 6.45) is 0. The van der Waals surface area contributed by atoms with Gasteiger partial charge < -0.3 is 4.74 Å². The Kier molecular flexibility index (Phi) is 2.55. The fraction of sp³-hybridized carbons (Fsp3) is 0.125. The minimum atomic E-state index is -0.664. The second-order valence-corrected chi connectivity index (χ2v) is 2.57. The third-order valence-electron chi connectivity index (χ3n) is 1.35. The molecule has 1 rings (SSSR count). The van der Waals surface area contributed by atoms with E-state index in [0.717, 1.165) is 0 Å². The number of hydrogen-bond donors (Lipinski definition) is 0. The molecule has 0 aliphatic rings. The number of halogens is 1. The molecular weight excluding hydrogens is 180 g/mol. The number of hydrogen-bond acceptors (Lipinski definition) is 2. The van der Waals surface area contributed by atoms with Crippen LogP contribution in [-0.2, 0) is 9.84 Å². The molecule has 0 heterocycles. The highest BCUT2D eigenvalue weighted by Crippen LogP contribution is 2.22. The maximum atomic E-state index is 11.0. The lowest BCUT2D eigenvalue weighted by Crippen LogP contribution is -2.00. The number of carbonyl (C=O) groups is 1. The van der Waals surface area contributed by atoms with Crippen molar-refractivity contribution < 1.29 is 14.6 Å². The quantitative estimate of drug-likeness (QED) is 0.630. The number of carbonyl (C=O) groups excluding carboxylic acids is 1. The third kappa shape index (κ3) is 1.68. The van der Waals surface area contributed by atoms with Crippen molar-refractivity contribution in [2.24, 2.45) is 0 Å². The van der Waals surface area contributed by atoms with Crippen molar-refractivity contribution >= 4 is 17.6 Å². The van der Waals surface area contributed by atoms with Gasteiger partial charge >= 0.3 is 5.97 Å². The van der Waals surface area contributed by atoms with E-state index in [4.69, 9.17) is 11.6 Å². The van der Waals surface area contributed by atoms with E-state index in [1.807, 2.05) is 0 Å². The molecule has 0 bridgehead atoms. The second-order valence-electron chi connectivity index (χ2n) is 2.13. The second kappa shape index (κ2) is 3.45. The van der Waals surface area contributed by atoms with Gasteiger partial charge in [-0.3, -0.25) is 5.11 Å². The number of ether oxygens (including phenoxy) is 1. The van der Waals surface area contributed by atoms with Crippen molar-refractivity contribution in [3.8, 4) is 5.75 Å². The van der Waals surface area contributed by atoms with Crippen molar-refractivity contribution in [1.82, 2.24) is 0 Å². The lowest BCUT2D eigenvalue weighted by molar-refractivity contribution is 0.0595. The highest BCUT2D eigenvalue weighted by Gasteiger charge is 2.12. The van der Waals surface area contributed by atoms with E-state index in [9.17, 15) is 9.90 Å². The molecule has 3 nitrogen and oxygen atoms in total. The van der Waals surface area contributed by atoms with Crippen molar-refractivity contribution in [2.45, 2.75) is 0 Å². The van der Waals surface area contributed by atoms with Gasteiger partial charge in [0.1, 0.15) is 5.56 Å². The summed E-state index contributed by atoms with van der Waals surface area (Å²) < 4.78 is 4.37. The summed E-state index contributed by atoms with van der Waals surface area (Å²) in [7, 11) is 1.21. The Bertz CT molecular complexity index is 309. The van der Waals surface area contributed by atoms with Crippen molar-refractivity contribution in [3.63, 3.8) is 0 Å². The molecule has 0 saturated heterocycles. The van der Waals surface area contributed by atoms with E-state index >= 15 is 0 Å². The monoisotopic (exact) mass is 185 g/mol. The molecule has 0 aromatic heterocycles. The molecule has 0 amide bonds. The summed E-state index contributed by atoms with van der Waals surface area (Å²) >= 11 is 5.57. The van der Waals surface area contributed by atoms with Crippen LogP contribution in [0.3, 0.4) is 0 Å². The summed E-state index contributed by atoms with van der Waals surface area (Å²) in [5.74, 6) is -1.05. The predicted molar refractivity (Wildman–Crippen MR) is 42.9 cm³/mol. The molecule has 0 atom stereocenters. The van der Waals surface area contributed by atoms with Gasteiger partial charge in [-0.2, -0.15) is 0 Å². The minimum absolute atomic E-state index is 0.0370. The zero-order valence-corrected chi connectivity index (χ0v) is 7.09. The Morgan fingerprint density at radius 1 is 1.50 bits per heavy atom. The van der Waals surface area contributed by atoms with Crippen LogP contribution in [0, 0.1) is 0 Å². The maximum Gasteiger partial charge on any atom is 0.341 e. The van der Waals surface area contributed by atoms with Gasteiger partial charge in [-0.15, -0.1) is 0 Å². The molecule has 1 radical (unpaired) electrons. The molecule has 0 aliphatic heterocycles. The van der Waals surface area contributed by atoms with Crippen LogP contribution in [-0.4, -0.2) is 13.1 Å². The minimum Gasteiger partial charge on any atom is -0.465 e. The Labute approximate surface area is 74.5 Å². The van der Waals surface area contributed by atoms with Gasteiger partial charge in [0.05, 0.1) is 7.11 Å². The Balaban J connectivity index is 3.13. The van der Waals surface area contributed by atoms with Gasteiger partial charge in [-0.25, -0.2) is 4.79 Å². The van der Waals surface area contributed by atoms with Crippen LogP contribution in [0.2, 0.25) is 5.02 Å². The maximum absolute atomic E-state index is 11.0. The van der Waals surface area contributed by atoms with Crippen LogP contribution in [0.5, 0.6) is 5.75 Å². The molecule has 1 aromatic rings. The highest BCUT2D eigenvalue weighted by atomic mass is 35.5. The lowest BCUT2D eigenvalue weighted by atomic mass is 10.2. The number of benzene rings is 1. The van der Waals surface area contributed by atoms with Crippen LogP contribution in [0.25, 0.3) is 0 Å². The first-order valence-corrected chi connectivity index (χ1v) is 3.58. The molecular formula is C8H6ClO3. The van der Waals surface area contributed by atoms with Crippen molar-refractivity contribution in [3.05, 3.63) is 28.8 Å². The topological polar surface area (TPSA) is 46.2 Å². The van der Waals surface area contributed by atoms with E-state index in [0.29, 0.717) is 5.02 Å². The van der Waals surface area contributed by atoms with Gasteiger partial charge in [0, 0.05) is 5.02 Å². The summed E-state index contributed by atoms with van der Waals surface area (Å²) in [6, 6.07) is 3.95. The average molecular weight is 186 g/mol. The Hall–Kier alpha value is -1.22. The summed E-state index contributed by atoms with van der Waals surface area (Å²) in [4.78, 5) is 10.9. The average Bonchev–Trinajstić information content (AvgIpc) is 2.08. The van der Waals surface area contributed by atoms with Crippen LogP contribution in [0.4, 0.5) is 0 Å². The van der Waals surface area contributed by atoms with Crippen LogP contribution >= 0.6 is 11.6 Å². The predicted octanol–water partition coefficient (Wildman–Crippen LogP) is 2.27. The molecule has 12 heavy (non-hydrogen) atoms. The molecule has 4 heteroatoms. The smallest absolute Gasteiger partial charge is 0.341 e.